The van der Waals surface area contributed by atoms with Gasteiger partial charge in [-0.15, -0.1) is 0 Å². The first-order valence-corrected chi connectivity index (χ1v) is 10.3. The first kappa shape index (κ1) is 19.6. The Morgan fingerprint density at radius 1 is 1.04 bits per heavy atom. The number of allylic oxidation sites excluding steroid dienone is 2. The molecule has 0 saturated heterocycles. The zero-order valence-electron chi connectivity index (χ0n) is 14.6. The van der Waals surface area contributed by atoms with E-state index in [4.69, 9.17) is 16.3 Å². The number of hydrogen-bond acceptors (Lipinski definition) is 3. The third-order valence-electron chi connectivity index (χ3n) is 4.66. The van der Waals surface area contributed by atoms with Crippen molar-refractivity contribution in [1.82, 2.24) is 0 Å². The number of ether oxygens (including phenoxy) is 1. The SMILES string of the molecule is COc1ccc(C2(c3ccccc3)C=CC(F)(S(C)(=O)=O)C(F)=C2)cc1Cl. The van der Waals surface area contributed by atoms with Gasteiger partial charge in [-0.1, -0.05) is 54.1 Å². The Morgan fingerprint density at radius 3 is 2.22 bits per heavy atom. The topological polar surface area (TPSA) is 43.4 Å². The number of benzene rings is 2. The lowest BCUT2D eigenvalue weighted by Gasteiger charge is -2.35. The fourth-order valence-corrected chi connectivity index (χ4v) is 4.11. The van der Waals surface area contributed by atoms with Crippen LogP contribution in [0.4, 0.5) is 8.78 Å². The molecule has 27 heavy (non-hydrogen) atoms. The van der Waals surface area contributed by atoms with Crippen LogP contribution in [0.3, 0.4) is 0 Å². The van der Waals surface area contributed by atoms with Crippen LogP contribution in [0.25, 0.3) is 0 Å². The smallest absolute Gasteiger partial charge is 0.278 e. The van der Waals surface area contributed by atoms with Crippen molar-refractivity contribution in [1.29, 1.82) is 0 Å². The molecule has 0 aromatic heterocycles. The highest BCUT2D eigenvalue weighted by Gasteiger charge is 2.49. The molecule has 7 heteroatoms. The molecule has 3 rings (SSSR count). The molecule has 2 unspecified atom stereocenters. The van der Waals surface area contributed by atoms with Crippen LogP contribution in [-0.4, -0.2) is 26.8 Å². The van der Waals surface area contributed by atoms with Gasteiger partial charge in [-0.25, -0.2) is 17.2 Å². The highest BCUT2D eigenvalue weighted by Crippen LogP contribution is 2.46. The fraction of sp³-hybridized carbons (Fsp3) is 0.200. The van der Waals surface area contributed by atoms with Gasteiger partial charge >= 0.3 is 0 Å². The normalized spacial score (nSPS) is 25.1. The van der Waals surface area contributed by atoms with Gasteiger partial charge in [0, 0.05) is 6.26 Å². The van der Waals surface area contributed by atoms with Gasteiger partial charge in [0.2, 0.25) is 0 Å². The third-order valence-corrected chi connectivity index (χ3v) is 6.37. The molecule has 0 heterocycles. The number of hydrogen-bond donors (Lipinski definition) is 0. The van der Waals surface area contributed by atoms with Gasteiger partial charge < -0.3 is 4.74 Å². The monoisotopic (exact) mass is 410 g/mol. The van der Waals surface area contributed by atoms with Crippen molar-refractivity contribution in [3.8, 4) is 5.75 Å². The minimum absolute atomic E-state index is 0.299. The molecule has 142 valence electrons. The van der Waals surface area contributed by atoms with E-state index in [-0.39, 0.29) is 0 Å². The van der Waals surface area contributed by atoms with E-state index in [1.807, 2.05) is 0 Å². The number of rotatable bonds is 4. The molecule has 0 fully saturated rings. The maximum atomic E-state index is 14.9. The molecule has 0 saturated carbocycles. The minimum Gasteiger partial charge on any atom is -0.495 e. The molecule has 0 bridgehead atoms. The van der Waals surface area contributed by atoms with Crippen molar-refractivity contribution < 1.29 is 21.9 Å². The highest BCUT2D eigenvalue weighted by molar-refractivity contribution is 7.92. The second-order valence-corrected chi connectivity index (χ2v) is 8.87. The summed E-state index contributed by atoms with van der Waals surface area (Å²) < 4.78 is 58.5. The molecular weight excluding hydrogens is 394 g/mol. The van der Waals surface area contributed by atoms with Crippen LogP contribution in [-0.2, 0) is 15.3 Å². The average Bonchev–Trinajstić information content (AvgIpc) is 2.64. The van der Waals surface area contributed by atoms with E-state index < -0.39 is 26.1 Å². The summed E-state index contributed by atoms with van der Waals surface area (Å²) in [7, 11) is -2.88. The van der Waals surface area contributed by atoms with Gasteiger partial charge in [0.15, 0.2) is 15.7 Å². The molecule has 2 aromatic rings. The van der Waals surface area contributed by atoms with E-state index in [1.165, 1.54) is 13.2 Å². The van der Waals surface area contributed by atoms with Crippen molar-refractivity contribution in [2.75, 3.05) is 13.4 Å². The van der Waals surface area contributed by atoms with Crippen LogP contribution in [0.5, 0.6) is 5.75 Å². The van der Waals surface area contributed by atoms with Gasteiger partial charge in [-0.3, -0.25) is 0 Å². The van der Waals surface area contributed by atoms with Crippen LogP contribution >= 0.6 is 11.6 Å². The summed E-state index contributed by atoms with van der Waals surface area (Å²) in [5.41, 5.74) is -0.0451. The maximum absolute atomic E-state index is 14.9. The van der Waals surface area contributed by atoms with Crippen LogP contribution in [0.2, 0.25) is 5.02 Å². The van der Waals surface area contributed by atoms with Crippen molar-refractivity contribution in [3.05, 3.63) is 88.7 Å². The maximum Gasteiger partial charge on any atom is 0.278 e. The Labute approximate surface area is 161 Å². The Bertz CT molecular complexity index is 1030. The van der Waals surface area contributed by atoms with Crippen LogP contribution in [0.1, 0.15) is 11.1 Å². The standard InChI is InChI=1S/C20H17ClF2O3S/c1-26-17-9-8-15(12-16(17)21)19(14-6-4-3-5-7-14)10-11-20(23,18(22)13-19)27(2,24)25/h3-13H,1-2H3. The van der Waals surface area contributed by atoms with E-state index in [2.05, 4.69) is 0 Å². The second kappa shape index (κ2) is 6.77. The molecule has 2 aromatic carbocycles. The van der Waals surface area contributed by atoms with Crippen LogP contribution in [0, 0.1) is 0 Å². The van der Waals surface area contributed by atoms with Crippen molar-refractivity contribution >= 4 is 21.4 Å². The Balaban J connectivity index is 2.27. The van der Waals surface area contributed by atoms with Crippen LogP contribution < -0.4 is 4.74 Å². The predicted octanol–water partition coefficient (Wildman–Crippen LogP) is 4.77. The summed E-state index contributed by atoms with van der Waals surface area (Å²) in [6.07, 6.45) is 3.75. The summed E-state index contributed by atoms with van der Waals surface area (Å²) in [5, 5.41) is -2.89. The zero-order valence-corrected chi connectivity index (χ0v) is 16.2. The molecule has 3 nitrogen and oxygen atoms in total. The highest BCUT2D eigenvalue weighted by atomic mass is 35.5. The summed E-state index contributed by atoms with van der Waals surface area (Å²) in [4.78, 5) is 0. The van der Waals surface area contributed by atoms with Crippen molar-refractivity contribution in [3.63, 3.8) is 0 Å². The van der Waals surface area contributed by atoms with Gasteiger partial charge in [0.05, 0.1) is 17.5 Å². The molecule has 0 radical (unpaired) electrons. The lowest BCUT2D eigenvalue weighted by molar-refractivity contribution is 0.315. The number of halogens is 3. The second-order valence-electron chi connectivity index (χ2n) is 6.33. The van der Waals surface area contributed by atoms with Crippen LogP contribution in [0.15, 0.2) is 72.6 Å². The Kier molecular flexibility index (Phi) is 4.91. The van der Waals surface area contributed by atoms with E-state index >= 15 is 0 Å². The van der Waals surface area contributed by atoms with Gasteiger partial charge in [-0.2, -0.15) is 0 Å². The molecule has 0 amide bonds. The number of alkyl halides is 1. The van der Waals surface area contributed by atoms with Crippen molar-refractivity contribution in [2.45, 2.75) is 10.4 Å². The first-order valence-electron chi connectivity index (χ1n) is 8.01. The molecule has 1 aliphatic carbocycles. The molecule has 0 N–H and O–H groups in total. The van der Waals surface area contributed by atoms with E-state index in [0.29, 0.717) is 28.2 Å². The van der Waals surface area contributed by atoms with Gasteiger partial charge in [-0.05, 0) is 35.4 Å². The molecular formula is C20H17ClF2O3S. The summed E-state index contributed by atoms with van der Waals surface area (Å²) in [5.74, 6) is -0.952. The molecule has 0 aliphatic heterocycles. The van der Waals surface area contributed by atoms with Gasteiger partial charge in [0.1, 0.15) is 5.75 Å². The average molecular weight is 411 g/mol. The molecule has 2 atom stereocenters. The number of methoxy groups -OCH3 is 1. The summed E-state index contributed by atoms with van der Waals surface area (Å²) in [6.45, 7) is 0. The number of sulfone groups is 1. The molecule has 1 aliphatic rings. The van der Waals surface area contributed by atoms with E-state index in [0.717, 1.165) is 12.2 Å². The Hall–Kier alpha value is -2.18. The molecule has 0 spiro atoms. The summed E-state index contributed by atoms with van der Waals surface area (Å²) >= 11 is 6.23. The quantitative estimate of drug-likeness (QED) is 0.682. The van der Waals surface area contributed by atoms with E-state index in [1.54, 1.807) is 48.5 Å². The lowest BCUT2D eigenvalue weighted by Crippen LogP contribution is -2.38. The lowest BCUT2D eigenvalue weighted by atomic mass is 9.72. The summed E-state index contributed by atoms with van der Waals surface area (Å²) in [6, 6.07) is 13.7. The predicted molar refractivity (Wildman–Crippen MR) is 102 cm³/mol. The van der Waals surface area contributed by atoms with Gasteiger partial charge in [0.25, 0.3) is 5.00 Å². The Morgan fingerprint density at radius 2 is 1.70 bits per heavy atom. The zero-order chi connectivity index (χ0) is 19.9. The van der Waals surface area contributed by atoms with Crippen molar-refractivity contribution in [2.24, 2.45) is 0 Å². The third kappa shape index (κ3) is 3.17. The minimum atomic E-state index is -4.35. The first-order chi connectivity index (χ1) is 12.6. The van der Waals surface area contributed by atoms with E-state index in [9.17, 15) is 17.2 Å². The fourth-order valence-electron chi connectivity index (χ4n) is 3.13. The largest absolute Gasteiger partial charge is 0.495 e.